The van der Waals surface area contributed by atoms with Gasteiger partial charge in [-0.1, -0.05) is 11.3 Å². The Kier molecular flexibility index (Phi) is 9.65. The van der Waals surface area contributed by atoms with Crippen LogP contribution in [0.15, 0.2) is 24.4 Å². The van der Waals surface area contributed by atoms with E-state index in [9.17, 15) is 29.1 Å². The normalized spacial score (nSPS) is 17.7. The lowest BCUT2D eigenvalue weighted by Gasteiger charge is -2.27. The summed E-state index contributed by atoms with van der Waals surface area (Å²) < 4.78 is 17.6. The smallest absolute Gasteiger partial charge is 0.407 e. The molecule has 15 nitrogen and oxygen atoms in total. The van der Waals surface area contributed by atoms with E-state index >= 15 is 0 Å². The average Bonchev–Trinajstić information content (AvgIpc) is 3.49. The molecule has 42 heavy (non-hydrogen) atoms. The molecule has 4 rings (SSSR count). The molecule has 1 fully saturated rings. The summed E-state index contributed by atoms with van der Waals surface area (Å²) in [6.45, 7) is 7.30. The first-order chi connectivity index (χ1) is 19.9. The Bertz CT molecular complexity index is 1350. The fourth-order valence-corrected chi connectivity index (χ4v) is 4.40. The van der Waals surface area contributed by atoms with Crippen LogP contribution in [0, 0.1) is 0 Å². The molecule has 1 aromatic carbocycles. The number of piperidine rings is 1. The molecule has 1 saturated heterocycles. The number of aromatic nitrogens is 3. The Morgan fingerprint density at radius 1 is 1.10 bits per heavy atom. The molecule has 5 amide bonds. The molecule has 15 heteroatoms. The zero-order valence-electron chi connectivity index (χ0n) is 23.6. The van der Waals surface area contributed by atoms with E-state index in [0.717, 1.165) is 4.90 Å². The van der Waals surface area contributed by atoms with Crippen molar-refractivity contribution in [2.75, 3.05) is 33.0 Å². The predicted molar refractivity (Wildman–Crippen MR) is 143 cm³/mol. The van der Waals surface area contributed by atoms with Gasteiger partial charge in [0.05, 0.1) is 50.3 Å². The molecule has 0 spiro atoms. The molecule has 2 aromatic rings. The molecule has 226 valence electrons. The van der Waals surface area contributed by atoms with Crippen molar-refractivity contribution in [1.82, 2.24) is 30.5 Å². The van der Waals surface area contributed by atoms with Gasteiger partial charge in [0, 0.05) is 13.0 Å². The van der Waals surface area contributed by atoms with Gasteiger partial charge < -0.3 is 24.6 Å². The van der Waals surface area contributed by atoms with Crippen molar-refractivity contribution in [2.24, 2.45) is 0 Å². The van der Waals surface area contributed by atoms with E-state index in [1.165, 1.54) is 22.9 Å². The Morgan fingerprint density at radius 3 is 2.52 bits per heavy atom. The largest absolute Gasteiger partial charge is 0.444 e. The summed E-state index contributed by atoms with van der Waals surface area (Å²) in [6.07, 6.45) is -0.102. The van der Waals surface area contributed by atoms with Crippen molar-refractivity contribution >= 4 is 29.7 Å². The van der Waals surface area contributed by atoms with Crippen molar-refractivity contribution in [3.05, 3.63) is 46.8 Å². The molecule has 0 aliphatic carbocycles. The van der Waals surface area contributed by atoms with Crippen LogP contribution < -0.4 is 10.6 Å². The number of alkyl carbamates (subject to hydrolysis) is 1. The number of aliphatic hydroxyl groups excluding tert-OH is 1. The second-order valence-electron chi connectivity index (χ2n) is 10.7. The van der Waals surface area contributed by atoms with Gasteiger partial charge >= 0.3 is 6.09 Å². The summed E-state index contributed by atoms with van der Waals surface area (Å²) in [4.78, 5) is 62.1. The molecule has 1 aromatic heterocycles. The lowest BCUT2D eigenvalue weighted by Crippen LogP contribution is -2.54. The van der Waals surface area contributed by atoms with Gasteiger partial charge in [0.15, 0.2) is 0 Å². The molecule has 0 saturated carbocycles. The number of carbonyl (C=O) groups is 5. The summed E-state index contributed by atoms with van der Waals surface area (Å²) >= 11 is 0. The van der Waals surface area contributed by atoms with Gasteiger partial charge in [0.25, 0.3) is 11.8 Å². The SMILES string of the molecule is CC(C)(C)OC(=O)NCCOCCOCCn1cc(C(O)c2ccc3c(c2)C(=O)N(C2CCC(=O)NC2=O)C3=O)nn1. The Morgan fingerprint density at radius 2 is 1.81 bits per heavy atom. The van der Waals surface area contributed by atoms with Gasteiger partial charge in [-0.25, -0.2) is 9.48 Å². The molecule has 2 aliphatic rings. The van der Waals surface area contributed by atoms with Gasteiger partial charge in [0.2, 0.25) is 11.8 Å². The van der Waals surface area contributed by atoms with Gasteiger partial charge in [0.1, 0.15) is 23.4 Å². The zero-order valence-corrected chi connectivity index (χ0v) is 23.6. The number of hydrogen-bond acceptors (Lipinski definition) is 11. The average molecular weight is 587 g/mol. The number of nitrogens with zero attached hydrogens (tertiary/aromatic N) is 4. The van der Waals surface area contributed by atoms with E-state index in [1.807, 2.05) is 0 Å². The van der Waals surface area contributed by atoms with E-state index in [1.54, 1.807) is 27.0 Å². The fourth-order valence-electron chi connectivity index (χ4n) is 4.40. The topological polar surface area (TPSA) is 191 Å². The van der Waals surface area contributed by atoms with Gasteiger partial charge in [-0.3, -0.25) is 29.4 Å². The van der Waals surface area contributed by atoms with Crippen molar-refractivity contribution in [3.63, 3.8) is 0 Å². The Balaban J connectivity index is 1.21. The predicted octanol–water partition coefficient (Wildman–Crippen LogP) is 0.319. The minimum atomic E-state index is -1.22. The Hall–Kier alpha value is -4.21. The maximum absolute atomic E-state index is 13.0. The molecule has 3 N–H and O–H groups in total. The highest BCUT2D eigenvalue weighted by Crippen LogP contribution is 2.31. The summed E-state index contributed by atoms with van der Waals surface area (Å²) in [6, 6.07) is 3.26. The molecule has 0 bridgehead atoms. The van der Waals surface area contributed by atoms with E-state index in [4.69, 9.17) is 14.2 Å². The number of nitrogens with one attached hydrogen (secondary N) is 2. The molecule has 3 heterocycles. The van der Waals surface area contributed by atoms with Crippen molar-refractivity contribution in [2.45, 2.75) is 57.9 Å². The van der Waals surface area contributed by atoms with Gasteiger partial charge in [-0.05, 0) is 44.9 Å². The van der Waals surface area contributed by atoms with Crippen molar-refractivity contribution in [1.29, 1.82) is 0 Å². The number of aliphatic hydroxyl groups is 1. The van der Waals surface area contributed by atoms with Crippen LogP contribution in [0.2, 0.25) is 0 Å². The first kappa shape index (κ1) is 30.7. The molecule has 2 unspecified atom stereocenters. The second kappa shape index (κ2) is 13.2. The van der Waals surface area contributed by atoms with Gasteiger partial charge in [-0.2, -0.15) is 0 Å². The third-order valence-corrected chi connectivity index (χ3v) is 6.37. The van der Waals surface area contributed by atoms with E-state index in [0.29, 0.717) is 45.1 Å². The summed E-state index contributed by atoms with van der Waals surface area (Å²) in [5.41, 5.74) is 0.167. The summed E-state index contributed by atoms with van der Waals surface area (Å²) in [5, 5.41) is 23.6. The first-order valence-corrected chi connectivity index (χ1v) is 13.5. The quantitative estimate of drug-likeness (QED) is 0.229. The lowest BCUT2D eigenvalue weighted by atomic mass is 10.0. The number of carbonyl (C=O) groups excluding carboxylic acids is 5. The van der Waals surface area contributed by atoms with Crippen LogP contribution in [0.5, 0.6) is 0 Å². The van der Waals surface area contributed by atoms with Crippen LogP contribution in [0.3, 0.4) is 0 Å². The number of fused-ring (bicyclic) bond motifs is 1. The molecular weight excluding hydrogens is 552 g/mol. The number of amides is 5. The molecular formula is C27H34N6O9. The van der Waals surface area contributed by atoms with E-state index < -0.39 is 47.5 Å². The van der Waals surface area contributed by atoms with Crippen LogP contribution >= 0.6 is 0 Å². The van der Waals surface area contributed by atoms with Crippen LogP contribution in [-0.4, -0.2) is 99.3 Å². The molecule has 2 atom stereocenters. The summed E-state index contributed by atoms with van der Waals surface area (Å²) in [5.74, 6) is -2.43. The van der Waals surface area contributed by atoms with Crippen LogP contribution in [0.4, 0.5) is 4.79 Å². The highest BCUT2D eigenvalue weighted by molar-refractivity contribution is 6.23. The third-order valence-electron chi connectivity index (χ3n) is 6.37. The number of rotatable bonds is 12. The van der Waals surface area contributed by atoms with Crippen LogP contribution in [0.1, 0.15) is 71.7 Å². The maximum atomic E-state index is 13.0. The number of hydrogen-bond donors (Lipinski definition) is 3. The maximum Gasteiger partial charge on any atom is 0.407 e. The first-order valence-electron chi connectivity index (χ1n) is 13.5. The van der Waals surface area contributed by atoms with Gasteiger partial charge in [-0.15, -0.1) is 5.10 Å². The number of ether oxygens (including phenoxy) is 3. The second-order valence-corrected chi connectivity index (χ2v) is 10.7. The standard InChI is InChI=1S/C27H34N6O9/c1-27(2,3)42-26(39)28-8-10-40-12-13-41-11-9-32-15-19(30-31-32)22(35)16-4-5-17-18(14-16)25(38)33(24(17)37)20-6-7-21(34)29-23(20)36/h4-5,14-15,20,22,35H,6-13H2,1-3H3,(H,28,39)(H,29,34,36). The van der Waals surface area contributed by atoms with Crippen molar-refractivity contribution < 1.29 is 43.3 Å². The zero-order chi connectivity index (χ0) is 30.4. The highest BCUT2D eigenvalue weighted by atomic mass is 16.6. The molecule has 2 aliphatic heterocycles. The minimum Gasteiger partial charge on any atom is -0.444 e. The fraction of sp³-hybridized carbons (Fsp3) is 0.519. The van der Waals surface area contributed by atoms with Crippen LogP contribution in [-0.2, 0) is 30.3 Å². The molecule has 0 radical (unpaired) electrons. The third kappa shape index (κ3) is 7.54. The minimum absolute atomic E-state index is 0.0251. The van der Waals surface area contributed by atoms with E-state index in [-0.39, 0.29) is 29.7 Å². The van der Waals surface area contributed by atoms with Crippen molar-refractivity contribution in [3.8, 4) is 0 Å². The van der Waals surface area contributed by atoms with Crippen LogP contribution in [0.25, 0.3) is 0 Å². The number of benzene rings is 1. The summed E-state index contributed by atoms with van der Waals surface area (Å²) in [7, 11) is 0. The van der Waals surface area contributed by atoms with E-state index in [2.05, 4.69) is 20.9 Å². The monoisotopic (exact) mass is 586 g/mol. The highest BCUT2D eigenvalue weighted by Gasteiger charge is 2.44. The Labute approximate surface area is 241 Å². The lowest BCUT2D eigenvalue weighted by molar-refractivity contribution is -0.136. The number of imide groups is 2.